The van der Waals surface area contributed by atoms with E-state index in [0.29, 0.717) is 22.8 Å². The van der Waals surface area contributed by atoms with E-state index in [9.17, 15) is 4.79 Å². The van der Waals surface area contributed by atoms with Crippen LogP contribution in [-0.4, -0.2) is 34.1 Å². The van der Waals surface area contributed by atoms with Crippen molar-refractivity contribution >= 4 is 16.9 Å². The van der Waals surface area contributed by atoms with Crippen molar-refractivity contribution in [2.24, 2.45) is 0 Å². The van der Waals surface area contributed by atoms with E-state index in [4.69, 9.17) is 0 Å². The monoisotopic (exact) mass is 253 g/mol. The molecule has 0 atom stereocenters. The fourth-order valence-corrected chi connectivity index (χ4v) is 2.02. The highest BCUT2D eigenvalue weighted by Crippen LogP contribution is 2.12. The minimum atomic E-state index is -0.313. The van der Waals surface area contributed by atoms with Crippen LogP contribution in [0, 0.1) is 0 Å². The first-order chi connectivity index (χ1) is 9.34. The normalized spacial score (nSPS) is 11.4. The molecule has 0 fully saturated rings. The van der Waals surface area contributed by atoms with E-state index >= 15 is 0 Å². The highest BCUT2D eigenvalue weighted by atomic mass is 16.2. The van der Waals surface area contributed by atoms with Gasteiger partial charge >= 0.3 is 5.69 Å². The average Bonchev–Trinajstić information content (AvgIpc) is 2.94. The smallest absolute Gasteiger partial charge is 0.274 e. The fraction of sp³-hybridized carbons (Fsp3) is 0. The SMILES string of the molecule is O=c1[nH]c2nc3ncncc3n2n1-c1ccccn1. The summed E-state index contributed by atoms with van der Waals surface area (Å²) in [7, 11) is 0. The predicted octanol–water partition coefficient (Wildman–Crippen LogP) is 0.151. The molecule has 0 aliphatic heterocycles. The molecule has 0 radical (unpaired) electrons. The van der Waals surface area contributed by atoms with Crippen LogP contribution < -0.4 is 5.69 Å². The number of H-pyrrole nitrogens is 1. The van der Waals surface area contributed by atoms with E-state index in [-0.39, 0.29) is 5.69 Å². The van der Waals surface area contributed by atoms with Gasteiger partial charge in [-0.25, -0.2) is 24.3 Å². The van der Waals surface area contributed by atoms with Gasteiger partial charge in [-0.15, -0.1) is 0 Å². The van der Waals surface area contributed by atoms with Crippen LogP contribution in [-0.2, 0) is 0 Å². The lowest BCUT2D eigenvalue weighted by Crippen LogP contribution is -2.19. The molecule has 0 spiro atoms. The van der Waals surface area contributed by atoms with Crippen LogP contribution in [0.3, 0.4) is 0 Å². The molecule has 4 aromatic heterocycles. The topological polar surface area (TPSA) is 93.8 Å². The van der Waals surface area contributed by atoms with E-state index in [1.165, 1.54) is 11.0 Å². The van der Waals surface area contributed by atoms with Crippen LogP contribution in [0.2, 0.25) is 0 Å². The highest BCUT2D eigenvalue weighted by Gasteiger charge is 2.14. The van der Waals surface area contributed by atoms with Crippen molar-refractivity contribution in [3.8, 4) is 5.82 Å². The first-order valence-corrected chi connectivity index (χ1v) is 5.55. The molecule has 0 saturated carbocycles. The molecular formula is C11H7N7O. The molecule has 4 heterocycles. The summed E-state index contributed by atoms with van der Waals surface area (Å²) in [6.07, 6.45) is 4.64. The summed E-state index contributed by atoms with van der Waals surface area (Å²) in [5.41, 5.74) is 0.847. The summed E-state index contributed by atoms with van der Waals surface area (Å²) in [6.45, 7) is 0. The number of rotatable bonds is 1. The van der Waals surface area contributed by atoms with Crippen molar-refractivity contribution in [3.05, 3.63) is 47.4 Å². The lowest BCUT2D eigenvalue weighted by atomic mass is 10.5. The number of aromatic amines is 1. The Morgan fingerprint density at radius 1 is 1.21 bits per heavy atom. The Kier molecular flexibility index (Phi) is 1.82. The van der Waals surface area contributed by atoms with Gasteiger partial charge < -0.3 is 0 Å². The Bertz CT molecular complexity index is 934. The molecule has 0 aromatic carbocycles. The van der Waals surface area contributed by atoms with Gasteiger partial charge in [0, 0.05) is 6.20 Å². The zero-order chi connectivity index (χ0) is 12.8. The zero-order valence-corrected chi connectivity index (χ0v) is 9.56. The molecule has 4 rings (SSSR count). The minimum Gasteiger partial charge on any atom is -0.274 e. The molecule has 8 nitrogen and oxygen atoms in total. The van der Waals surface area contributed by atoms with E-state index in [2.05, 4.69) is 24.9 Å². The second-order valence-corrected chi connectivity index (χ2v) is 3.91. The highest BCUT2D eigenvalue weighted by molar-refractivity contribution is 5.73. The van der Waals surface area contributed by atoms with E-state index in [0.717, 1.165) is 0 Å². The summed E-state index contributed by atoms with van der Waals surface area (Å²) in [5.74, 6) is 0.910. The Morgan fingerprint density at radius 3 is 3.00 bits per heavy atom. The van der Waals surface area contributed by atoms with Crippen molar-refractivity contribution < 1.29 is 0 Å². The van der Waals surface area contributed by atoms with Crippen LogP contribution in [0.5, 0.6) is 0 Å². The number of hydrogen-bond acceptors (Lipinski definition) is 5. The van der Waals surface area contributed by atoms with Gasteiger partial charge in [-0.3, -0.25) is 4.98 Å². The number of fused-ring (bicyclic) bond motifs is 3. The largest absolute Gasteiger partial charge is 0.349 e. The number of nitrogens with zero attached hydrogens (tertiary/aromatic N) is 6. The first kappa shape index (κ1) is 9.95. The number of aromatic nitrogens is 7. The van der Waals surface area contributed by atoms with Gasteiger partial charge in [-0.2, -0.15) is 9.67 Å². The van der Waals surface area contributed by atoms with Gasteiger partial charge in [-0.05, 0) is 12.1 Å². The molecule has 0 saturated heterocycles. The van der Waals surface area contributed by atoms with Crippen LogP contribution in [0.25, 0.3) is 22.8 Å². The Morgan fingerprint density at radius 2 is 2.16 bits per heavy atom. The van der Waals surface area contributed by atoms with E-state index < -0.39 is 0 Å². The molecule has 0 unspecified atom stereocenters. The zero-order valence-electron chi connectivity index (χ0n) is 9.56. The van der Waals surface area contributed by atoms with Gasteiger partial charge in [0.25, 0.3) is 0 Å². The minimum absolute atomic E-state index is 0.313. The lowest BCUT2D eigenvalue weighted by molar-refractivity contribution is 0.768. The first-order valence-electron chi connectivity index (χ1n) is 5.55. The summed E-state index contributed by atoms with van der Waals surface area (Å²) in [4.78, 5) is 31.1. The van der Waals surface area contributed by atoms with Crippen molar-refractivity contribution in [2.75, 3.05) is 0 Å². The van der Waals surface area contributed by atoms with Gasteiger partial charge in [0.1, 0.15) is 11.8 Å². The Labute approximate surface area is 105 Å². The molecule has 0 aliphatic rings. The molecule has 0 amide bonds. The molecule has 8 heteroatoms. The van der Waals surface area contributed by atoms with Crippen LogP contribution in [0.1, 0.15) is 0 Å². The molecule has 19 heavy (non-hydrogen) atoms. The fourth-order valence-electron chi connectivity index (χ4n) is 2.02. The van der Waals surface area contributed by atoms with Crippen molar-refractivity contribution in [2.45, 2.75) is 0 Å². The number of nitrogens with one attached hydrogen (secondary N) is 1. The van der Waals surface area contributed by atoms with E-state index in [1.807, 2.05) is 6.07 Å². The number of imidazole rings is 1. The second-order valence-electron chi connectivity index (χ2n) is 3.91. The number of hydrogen-bond donors (Lipinski definition) is 1. The second kappa shape index (κ2) is 3.48. The predicted molar refractivity (Wildman–Crippen MR) is 66.0 cm³/mol. The molecule has 0 bridgehead atoms. The van der Waals surface area contributed by atoms with Crippen LogP contribution in [0.15, 0.2) is 41.7 Å². The Hall–Kier alpha value is -3.03. The maximum Gasteiger partial charge on any atom is 0.349 e. The van der Waals surface area contributed by atoms with Crippen LogP contribution in [0.4, 0.5) is 0 Å². The number of pyridine rings is 1. The van der Waals surface area contributed by atoms with Gasteiger partial charge in [0.05, 0.1) is 6.20 Å². The summed E-state index contributed by atoms with van der Waals surface area (Å²) < 4.78 is 3.01. The van der Waals surface area contributed by atoms with Crippen molar-refractivity contribution in [1.82, 2.24) is 34.1 Å². The Balaban J connectivity index is 2.20. The molecular weight excluding hydrogens is 246 g/mol. The third kappa shape index (κ3) is 1.30. The third-order valence-electron chi connectivity index (χ3n) is 2.79. The van der Waals surface area contributed by atoms with E-state index in [1.54, 1.807) is 29.0 Å². The lowest BCUT2D eigenvalue weighted by Gasteiger charge is -2.01. The maximum atomic E-state index is 12.0. The van der Waals surface area contributed by atoms with Gasteiger partial charge in [0.2, 0.25) is 5.78 Å². The summed E-state index contributed by atoms with van der Waals surface area (Å²) in [6, 6.07) is 5.33. The van der Waals surface area contributed by atoms with Crippen LogP contribution >= 0.6 is 0 Å². The molecule has 92 valence electrons. The average molecular weight is 253 g/mol. The third-order valence-corrected chi connectivity index (χ3v) is 2.79. The quantitative estimate of drug-likeness (QED) is 0.521. The van der Waals surface area contributed by atoms with Gasteiger partial charge in [-0.1, -0.05) is 6.07 Å². The maximum absolute atomic E-state index is 12.0. The summed E-state index contributed by atoms with van der Waals surface area (Å²) in [5, 5.41) is 0. The van der Waals surface area contributed by atoms with Gasteiger partial charge in [0.15, 0.2) is 11.5 Å². The molecule has 1 N–H and O–H groups in total. The van der Waals surface area contributed by atoms with Crippen molar-refractivity contribution in [1.29, 1.82) is 0 Å². The standard InChI is InChI=1S/C11H7N7O/c19-11-16-10-15-9-7(5-12-6-14-9)17(10)18(11)8-3-1-2-4-13-8/h1-6H,(H,12,14,15,16,19). The summed E-state index contributed by atoms with van der Waals surface area (Å²) >= 11 is 0. The molecule has 0 aliphatic carbocycles. The molecule has 4 aromatic rings. The van der Waals surface area contributed by atoms with Crippen molar-refractivity contribution in [3.63, 3.8) is 0 Å².